The molecule has 3 fully saturated rings. The average Bonchev–Trinajstić information content (AvgIpc) is 3.34. The zero-order valence-electron chi connectivity index (χ0n) is 18.3. The Balaban J connectivity index is 1.17. The van der Waals surface area contributed by atoms with Gasteiger partial charge in [-0.1, -0.05) is 0 Å². The van der Waals surface area contributed by atoms with Crippen LogP contribution in [0.25, 0.3) is 0 Å². The van der Waals surface area contributed by atoms with Crippen molar-refractivity contribution in [3.8, 4) is 0 Å². The van der Waals surface area contributed by atoms with E-state index in [1.807, 2.05) is 24.4 Å². The van der Waals surface area contributed by atoms with E-state index in [0.717, 1.165) is 69.6 Å². The minimum Gasteiger partial charge on any atom is -0.381 e. The third-order valence-corrected chi connectivity index (χ3v) is 6.46. The lowest BCUT2D eigenvalue weighted by Crippen LogP contribution is -2.38. The first-order valence-corrected chi connectivity index (χ1v) is 11.5. The molecule has 0 saturated carbocycles. The third-order valence-electron chi connectivity index (χ3n) is 6.46. The van der Waals surface area contributed by atoms with E-state index in [4.69, 9.17) is 14.5 Å². The van der Waals surface area contributed by atoms with Gasteiger partial charge < -0.3 is 24.6 Å². The number of amides is 1. The van der Waals surface area contributed by atoms with Crippen molar-refractivity contribution in [3.05, 3.63) is 41.9 Å². The fourth-order valence-electron chi connectivity index (χ4n) is 4.56. The first-order chi connectivity index (χ1) is 15.8. The Morgan fingerprint density at radius 2 is 1.75 bits per heavy atom. The summed E-state index contributed by atoms with van der Waals surface area (Å²) in [5.74, 6) is 1.99. The molecule has 170 valence electrons. The van der Waals surface area contributed by atoms with Crippen LogP contribution in [0.4, 0.5) is 11.8 Å². The highest BCUT2D eigenvalue weighted by molar-refractivity contribution is 5.94. The molecule has 5 rings (SSSR count). The van der Waals surface area contributed by atoms with Crippen molar-refractivity contribution in [2.45, 2.75) is 31.2 Å². The van der Waals surface area contributed by atoms with Crippen molar-refractivity contribution in [1.29, 1.82) is 0 Å². The maximum atomic E-state index is 12.7. The largest absolute Gasteiger partial charge is 0.381 e. The average molecular weight is 439 g/mol. The van der Waals surface area contributed by atoms with Gasteiger partial charge >= 0.3 is 0 Å². The Hall–Kier alpha value is -2.78. The Morgan fingerprint density at radius 3 is 2.53 bits per heavy atom. The summed E-state index contributed by atoms with van der Waals surface area (Å²) in [7, 11) is 0. The third kappa shape index (κ3) is 4.83. The van der Waals surface area contributed by atoms with Crippen molar-refractivity contribution in [3.63, 3.8) is 0 Å². The Morgan fingerprint density at radius 1 is 0.938 bits per heavy atom. The first kappa shape index (κ1) is 21.1. The summed E-state index contributed by atoms with van der Waals surface area (Å²) >= 11 is 0. The van der Waals surface area contributed by atoms with Crippen molar-refractivity contribution in [2.75, 3.05) is 62.4 Å². The van der Waals surface area contributed by atoms with Gasteiger partial charge in [0, 0.05) is 69.4 Å². The summed E-state index contributed by atoms with van der Waals surface area (Å²) in [5.41, 5.74) is 1.68. The van der Waals surface area contributed by atoms with E-state index in [9.17, 15) is 4.79 Å². The number of hydrogen-bond donors (Lipinski definition) is 1. The molecule has 5 heterocycles. The van der Waals surface area contributed by atoms with Crippen LogP contribution >= 0.6 is 0 Å². The molecule has 0 bridgehead atoms. The number of nitrogens with one attached hydrogen (secondary N) is 1. The molecule has 9 nitrogen and oxygen atoms in total. The highest BCUT2D eigenvalue weighted by atomic mass is 16.5. The zero-order chi connectivity index (χ0) is 21.8. The van der Waals surface area contributed by atoms with E-state index in [1.165, 1.54) is 0 Å². The molecule has 2 aromatic heterocycles. The maximum Gasteiger partial charge on any atom is 0.253 e. The van der Waals surface area contributed by atoms with Crippen LogP contribution in [0.2, 0.25) is 0 Å². The van der Waals surface area contributed by atoms with Gasteiger partial charge in [-0.05, 0) is 37.5 Å². The number of nitrogens with zero attached hydrogens (tertiary/aromatic N) is 5. The van der Waals surface area contributed by atoms with Gasteiger partial charge in [0.05, 0.1) is 18.8 Å². The smallest absolute Gasteiger partial charge is 0.253 e. The summed E-state index contributed by atoms with van der Waals surface area (Å²) in [6, 6.07) is 5.84. The number of morpholine rings is 1. The number of aromatic nitrogens is 3. The lowest BCUT2D eigenvalue weighted by Gasteiger charge is -2.27. The number of ether oxygens (including phenoxy) is 2. The predicted octanol–water partition coefficient (Wildman–Crippen LogP) is 1.61. The quantitative estimate of drug-likeness (QED) is 0.753. The molecule has 0 aromatic carbocycles. The zero-order valence-corrected chi connectivity index (χ0v) is 18.3. The van der Waals surface area contributed by atoms with Crippen molar-refractivity contribution >= 4 is 17.7 Å². The summed E-state index contributed by atoms with van der Waals surface area (Å²) in [4.78, 5) is 30.9. The fourth-order valence-corrected chi connectivity index (χ4v) is 4.56. The van der Waals surface area contributed by atoms with E-state index in [-0.39, 0.29) is 11.9 Å². The lowest BCUT2D eigenvalue weighted by atomic mass is 9.96. The minimum atomic E-state index is -0.0882. The monoisotopic (exact) mass is 438 g/mol. The van der Waals surface area contributed by atoms with Crippen LogP contribution in [0.5, 0.6) is 0 Å². The molecule has 3 aliphatic rings. The summed E-state index contributed by atoms with van der Waals surface area (Å²) in [6.45, 7) is 6.21. The van der Waals surface area contributed by atoms with E-state index in [1.54, 1.807) is 6.20 Å². The van der Waals surface area contributed by atoms with Crippen LogP contribution in [0.1, 0.15) is 41.2 Å². The molecule has 0 radical (unpaired) electrons. The molecule has 3 saturated heterocycles. The Bertz CT molecular complexity index is 912. The van der Waals surface area contributed by atoms with Crippen LogP contribution in [0.15, 0.2) is 30.6 Å². The van der Waals surface area contributed by atoms with E-state index < -0.39 is 0 Å². The van der Waals surface area contributed by atoms with Gasteiger partial charge in [0.1, 0.15) is 5.82 Å². The van der Waals surface area contributed by atoms with Crippen LogP contribution < -0.4 is 15.1 Å². The highest BCUT2D eigenvalue weighted by Crippen LogP contribution is 2.27. The second kappa shape index (κ2) is 9.79. The number of anilines is 2. The first-order valence-electron chi connectivity index (χ1n) is 11.5. The molecular weight excluding hydrogens is 408 g/mol. The normalized spacial score (nSPS) is 22.2. The van der Waals surface area contributed by atoms with Gasteiger partial charge in [0.15, 0.2) is 0 Å². The fraction of sp³-hybridized carbons (Fsp3) is 0.565. The maximum absolute atomic E-state index is 12.7. The van der Waals surface area contributed by atoms with Gasteiger partial charge in [-0.3, -0.25) is 4.79 Å². The van der Waals surface area contributed by atoms with Crippen LogP contribution in [-0.4, -0.2) is 79.5 Å². The second-order valence-corrected chi connectivity index (χ2v) is 8.58. The highest BCUT2D eigenvalue weighted by Gasteiger charge is 2.27. The summed E-state index contributed by atoms with van der Waals surface area (Å²) < 4.78 is 10.9. The topological polar surface area (TPSA) is 92.7 Å². The van der Waals surface area contributed by atoms with E-state index in [0.29, 0.717) is 31.2 Å². The van der Waals surface area contributed by atoms with Crippen LogP contribution in [0.3, 0.4) is 0 Å². The van der Waals surface area contributed by atoms with Gasteiger partial charge in [0.2, 0.25) is 5.95 Å². The van der Waals surface area contributed by atoms with E-state index >= 15 is 0 Å². The van der Waals surface area contributed by atoms with Crippen molar-refractivity contribution in [1.82, 2.24) is 20.3 Å². The SMILES string of the molecule is O=C(NC1CCN(c2nccc(C3CCOCC3)n2)C1)c1ccc(N2CCOCC2)nc1. The van der Waals surface area contributed by atoms with Gasteiger partial charge in [-0.25, -0.2) is 15.0 Å². The Labute approximate surface area is 188 Å². The Kier molecular flexibility index (Phi) is 6.45. The van der Waals surface area contributed by atoms with Gasteiger partial charge in [0.25, 0.3) is 5.91 Å². The number of hydrogen-bond acceptors (Lipinski definition) is 8. The second-order valence-electron chi connectivity index (χ2n) is 8.58. The van der Waals surface area contributed by atoms with Gasteiger partial charge in [-0.2, -0.15) is 0 Å². The number of pyridine rings is 1. The predicted molar refractivity (Wildman–Crippen MR) is 120 cm³/mol. The molecule has 2 aromatic rings. The van der Waals surface area contributed by atoms with Crippen LogP contribution in [0, 0.1) is 0 Å². The molecule has 1 N–H and O–H groups in total. The molecule has 3 aliphatic heterocycles. The number of rotatable bonds is 5. The number of carbonyl (C=O) groups is 1. The molecule has 1 atom stereocenters. The van der Waals surface area contributed by atoms with Crippen LogP contribution in [-0.2, 0) is 9.47 Å². The number of carbonyl (C=O) groups excluding carboxylic acids is 1. The lowest BCUT2D eigenvalue weighted by molar-refractivity contribution is 0.0845. The molecule has 0 spiro atoms. The van der Waals surface area contributed by atoms with Gasteiger partial charge in [-0.15, -0.1) is 0 Å². The van der Waals surface area contributed by atoms with Crippen molar-refractivity contribution in [2.24, 2.45) is 0 Å². The van der Waals surface area contributed by atoms with Crippen molar-refractivity contribution < 1.29 is 14.3 Å². The minimum absolute atomic E-state index is 0.0664. The molecule has 32 heavy (non-hydrogen) atoms. The summed E-state index contributed by atoms with van der Waals surface area (Å²) in [5, 5.41) is 3.15. The molecular formula is C23H30N6O3. The van der Waals surface area contributed by atoms with E-state index in [2.05, 4.69) is 25.1 Å². The molecule has 0 aliphatic carbocycles. The molecule has 1 unspecified atom stereocenters. The molecule has 9 heteroatoms. The molecule has 1 amide bonds. The summed E-state index contributed by atoms with van der Waals surface area (Å²) in [6.07, 6.45) is 6.39. The standard InChI is InChI=1S/C23H30N6O3/c30-22(18-1-2-21(25-15-18)28-9-13-32-14-10-28)26-19-4-8-29(16-19)23-24-7-3-20(27-23)17-5-11-31-12-6-17/h1-3,7,15,17,19H,4-6,8-14,16H2,(H,26,30).